The summed E-state index contributed by atoms with van der Waals surface area (Å²) in [6.45, 7) is 0.689. The van der Waals surface area contributed by atoms with Crippen molar-refractivity contribution < 1.29 is 9.21 Å². The summed E-state index contributed by atoms with van der Waals surface area (Å²) in [5.41, 5.74) is 0.554. The Morgan fingerprint density at radius 1 is 1.65 bits per heavy atom. The average Bonchev–Trinajstić information content (AvgIpc) is 3.00. The van der Waals surface area contributed by atoms with E-state index in [1.54, 1.807) is 6.07 Å². The highest BCUT2D eigenvalue weighted by Crippen LogP contribution is 2.34. The molecule has 0 radical (unpaired) electrons. The van der Waals surface area contributed by atoms with E-state index >= 15 is 0 Å². The van der Waals surface area contributed by atoms with Crippen molar-refractivity contribution >= 4 is 21.8 Å². The second-order valence-electron chi connectivity index (χ2n) is 4.69. The fourth-order valence-electron chi connectivity index (χ4n) is 2.00. The number of amides is 1. The molecule has 1 saturated carbocycles. The molecule has 1 amide bonds. The van der Waals surface area contributed by atoms with Crippen LogP contribution in [0.5, 0.6) is 0 Å². The Bertz CT molecular complexity index is 397. The molecule has 1 aliphatic rings. The van der Waals surface area contributed by atoms with E-state index in [0.717, 1.165) is 5.92 Å². The van der Waals surface area contributed by atoms with Gasteiger partial charge in [0.15, 0.2) is 4.67 Å². The number of nitrogens with one attached hydrogen (secondary N) is 1. The van der Waals surface area contributed by atoms with E-state index in [9.17, 15) is 4.79 Å². The lowest BCUT2D eigenvalue weighted by Gasteiger charge is -2.24. The van der Waals surface area contributed by atoms with Crippen LogP contribution in [0.2, 0.25) is 0 Å². The largest absolute Gasteiger partial charge is 0.457 e. The van der Waals surface area contributed by atoms with Crippen molar-refractivity contribution in [3.05, 3.63) is 22.6 Å². The van der Waals surface area contributed by atoms with Crippen molar-refractivity contribution in [1.29, 1.82) is 0 Å². The first-order valence-electron chi connectivity index (χ1n) is 5.77. The Balaban J connectivity index is 1.89. The summed E-state index contributed by atoms with van der Waals surface area (Å²) in [6, 6.07) is 2.10. The van der Waals surface area contributed by atoms with Crippen molar-refractivity contribution in [1.82, 2.24) is 10.2 Å². The summed E-state index contributed by atoms with van der Waals surface area (Å²) in [4.78, 5) is 14.1. The minimum absolute atomic E-state index is 0.0851. The van der Waals surface area contributed by atoms with Gasteiger partial charge in [0.1, 0.15) is 0 Å². The summed E-state index contributed by atoms with van der Waals surface area (Å²) in [7, 11) is 4.12. The van der Waals surface area contributed by atoms with Crippen LogP contribution in [0.25, 0.3) is 0 Å². The normalized spacial score (nSPS) is 17.2. The molecule has 17 heavy (non-hydrogen) atoms. The van der Waals surface area contributed by atoms with Crippen LogP contribution in [0.1, 0.15) is 23.2 Å². The molecule has 5 heteroatoms. The van der Waals surface area contributed by atoms with Gasteiger partial charge in [-0.05, 0) is 54.9 Å². The van der Waals surface area contributed by atoms with Gasteiger partial charge in [0.25, 0.3) is 5.91 Å². The zero-order chi connectivity index (χ0) is 12.4. The maximum absolute atomic E-state index is 11.9. The minimum atomic E-state index is -0.0851. The molecule has 0 spiro atoms. The van der Waals surface area contributed by atoms with Crippen LogP contribution in [-0.4, -0.2) is 37.5 Å². The van der Waals surface area contributed by atoms with Gasteiger partial charge in [-0.15, -0.1) is 0 Å². The van der Waals surface area contributed by atoms with Crippen LogP contribution < -0.4 is 5.32 Å². The van der Waals surface area contributed by atoms with Crippen LogP contribution in [-0.2, 0) is 0 Å². The first-order chi connectivity index (χ1) is 8.09. The van der Waals surface area contributed by atoms with Crippen molar-refractivity contribution in [2.75, 3.05) is 20.6 Å². The molecular formula is C12H17BrN2O2. The molecule has 1 heterocycles. The van der Waals surface area contributed by atoms with Crippen molar-refractivity contribution in [2.24, 2.45) is 5.92 Å². The Labute approximate surface area is 109 Å². The SMILES string of the molecule is CN(C)[C@H](CNC(=O)c1ccoc1Br)C1CC1. The number of furan rings is 1. The highest BCUT2D eigenvalue weighted by atomic mass is 79.9. The molecule has 1 aromatic heterocycles. The van der Waals surface area contributed by atoms with E-state index in [1.807, 2.05) is 0 Å². The lowest BCUT2D eigenvalue weighted by Crippen LogP contribution is -2.41. The predicted octanol–water partition coefficient (Wildman–Crippen LogP) is 2.11. The zero-order valence-electron chi connectivity index (χ0n) is 10.1. The Kier molecular flexibility index (Phi) is 3.89. The molecule has 94 valence electrons. The van der Waals surface area contributed by atoms with E-state index in [-0.39, 0.29) is 5.91 Å². The smallest absolute Gasteiger partial charge is 0.255 e. The summed E-state index contributed by atoms with van der Waals surface area (Å²) < 4.78 is 5.53. The molecule has 1 N–H and O–H groups in total. The zero-order valence-corrected chi connectivity index (χ0v) is 11.7. The van der Waals surface area contributed by atoms with E-state index < -0.39 is 0 Å². The molecule has 0 bridgehead atoms. The van der Waals surface area contributed by atoms with E-state index in [0.29, 0.717) is 22.8 Å². The molecule has 1 aromatic rings. The van der Waals surface area contributed by atoms with Crippen molar-refractivity contribution in [3.8, 4) is 0 Å². The molecule has 1 aliphatic carbocycles. The third-order valence-electron chi connectivity index (χ3n) is 3.16. The summed E-state index contributed by atoms with van der Waals surface area (Å²) in [5.74, 6) is 0.649. The van der Waals surface area contributed by atoms with Gasteiger partial charge in [0, 0.05) is 12.6 Å². The molecule has 0 aliphatic heterocycles. The molecule has 0 saturated heterocycles. The predicted molar refractivity (Wildman–Crippen MR) is 68.9 cm³/mol. The fourth-order valence-corrected chi connectivity index (χ4v) is 2.42. The number of hydrogen-bond donors (Lipinski definition) is 1. The van der Waals surface area contributed by atoms with Gasteiger partial charge in [-0.3, -0.25) is 4.79 Å². The molecule has 1 atom stereocenters. The van der Waals surface area contributed by atoms with Gasteiger partial charge in [-0.2, -0.15) is 0 Å². The first-order valence-corrected chi connectivity index (χ1v) is 6.56. The van der Waals surface area contributed by atoms with Gasteiger partial charge in [0.05, 0.1) is 11.8 Å². The topological polar surface area (TPSA) is 45.5 Å². The maximum atomic E-state index is 11.9. The quantitative estimate of drug-likeness (QED) is 0.906. The Morgan fingerprint density at radius 3 is 2.82 bits per heavy atom. The highest BCUT2D eigenvalue weighted by Gasteiger charge is 2.32. The van der Waals surface area contributed by atoms with Gasteiger partial charge >= 0.3 is 0 Å². The number of carbonyl (C=O) groups is 1. The van der Waals surface area contributed by atoms with Crippen LogP contribution in [0.3, 0.4) is 0 Å². The standard InChI is InChI=1S/C12H17BrN2O2/c1-15(2)10(8-3-4-8)7-14-12(16)9-5-6-17-11(9)13/h5-6,8,10H,3-4,7H2,1-2H3,(H,14,16)/t10-/m1/s1. The Hall–Kier alpha value is -0.810. The second kappa shape index (κ2) is 5.23. The van der Waals surface area contributed by atoms with E-state index in [2.05, 4.69) is 40.2 Å². The average molecular weight is 301 g/mol. The summed E-state index contributed by atoms with van der Waals surface area (Å²) in [5, 5.41) is 2.96. The molecule has 0 aromatic carbocycles. The van der Waals surface area contributed by atoms with Gasteiger partial charge in [-0.1, -0.05) is 0 Å². The van der Waals surface area contributed by atoms with Crippen LogP contribution in [0.4, 0.5) is 0 Å². The first kappa shape index (κ1) is 12.6. The van der Waals surface area contributed by atoms with E-state index in [1.165, 1.54) is 19.1 Å². The second-order valence-corrected chi connectivity index (χ2v) is 5.41. The van der Waals surface area contributed by atoms with E-state index in [4.69, 9.17) is 4.42 Å². The lowest BCUT2D eigenvalue weighted by molar-refractivity contribution is 0.0937. The third kappa shape index (κ3) is 3.10. The number of likely N-dealkylation sites (N-methyl/N-ethyl adjacent to an activating group) is 1. The summed E-state index contributed by atoms with van der Waals surface area (Å²) >= 11 is 3.21. The third-order valence-corrected chi connectivity index (χ3v) is 3.78. The van der Waals surface area contributed by atoms with Crippen molar-refractivity contribution in [3.63, 3.8) is 0 Å². The molecule has 4 nitrogen and oxygen atoms in total. The minimum Gasteiger partial charge on any atom is -0.457 e. The number of carbonyl (C=O) groups excluding carboxylic acids is 1. The van der Waals surface area contributed by atoms with Crippen molar-refractivity contribution in [2.45, 2.75) is 18.9 Å². The van der Waals surface area contributed by atoms with Gasteiger partial charge in [0.2, 0.25) is 0 Å². The molecule has 1 fully saturated rings. The summed E-state index contributed by atoms with van der Waals surface area (Å²) in [6.07, 6.45) is 4.05. The van der Waals surface area contributed by atoms with Crippen LogP contribution >= 0.6 is 15.9 Å². The number of rotatable bonds is 5. The fraction of sp³-hybridized carbons (Fsp3) is 0.583. The maximum Gasteiger partial charge on any atom is 0.255 e. The highest BCUT2D eigenvalue weighted by molar-refractivity contribution is 9.10. The Morgan fingerprint density at radius 2 is 2.35 bits per heavy atom. The van der Waals surface area contributed by atoms with Gasteiger partial charge < -0.3 is 14.6 Å². The lowest BCUT2D eigenvalue weighted by atomic mass is 10.1. The van der Waals surface area contributed by atoms with Crippen LogP contribution in [0.15, 0.2) is 21.4 Å². The number of nitrogens with zero attached hydrogens (tertiary/aromatic N) is 1. The van der Waals surface area contributed by atoms with Crippen LogP contribution in [0, 0.1) is 5.92 Å². The monoisotopic (exact) mass is 300 g/mol. The molecular weight excluding hydrogens is 284 g/mol. The molecule has 0 unspecified atom stereocenters. The number of hydrogen-bond acceptors (Lipinski definition) is 3. The number of halogens is 1. The molecule has 2 rings (SSSR count). The van der Waals surface area contributed by atoms with Gasteiger partial charge in [-0.25, -0.2) is 0 Å².